The van der Waals surface area contributed by atoms with E-state index in [1.54, 1.807) is 24.3 Å². The van der Waals surface area contributed by atoms with Crippen molar-refractivity contribution in [2.75, 3.05) is 19.7 Å². The number of fused-ring (bicyclic) bond motifs is 2. The number of para-hydroxylation sites is 1. The number of amides is 3. The van der Waals surface area contributed by atoms with Gasteiger partial charge in [-0.15, -0.1) is 0 Å². The fourth-order valence-corrected chi connectivity index (χ4v) is 3.61. The normalized spacial score (nSPS) is 13.2. The molecule has 3 amide bonds. The van der Waals surface area contributed by atoms with Crippen molar-refractivity contribution < 1.29 is 23.9 Å². The first-order valence-electron chi connectivity index (χ1n) is 9.93. The zero-order valence-electron chi connectivity index (χ0n) is 16.7. The standard InChI is InChI=1S/C23H21N3O5/c27-20(24-10-9-16-12-25-19-8-4-3-6-17(16)19)14-31-22(29)13-26-21(28)11-15-5-1-2-7-18(15)23(26)30/h1-8,12,25H,9-11,13-14H2,(H,24,27). The Morgan fingerprint density at radius 1 is 1.06 bits per heavy atom. The Balaban J connectivity index is 1.23. The second-order valence-corrected chi connectivity index (χ2v) is 7.24. The van der Waals surface area contributed by atoms with E-state index in [0.717, 1.165) is 21.4 Å². The lowest BCUT2D eigenvalue weighted by Crippen LogP contribution is -2.45. The van der Waals surface area contributed by atoms with Crippen molar-refractivity contribution in [3.63, 3.8) is 0 Å². The van der Waals surface area contributed by atoms with Crippen LogP contribution in [0.1, 0.15) is 21.5 Å². The molecule has 0 atom stereocenters. The predicted molar refractivity (Wildman–Crippen MR) is 112 cm³/mol. The molecule has 0 bridgehead atoms. The number of rotatable bonds is 7. The van der Waals surface area contributed by atoms with Crippen LogP contribution in [-0.4, -0.2) is 53.3 Å². The van der Waals surface area contributed by atoms with Gasteiger partial charge in [0.25, 0.3) is 11.8 Å². The van der Waals surface area contributed by atoms with Gasteiger partial charge in [-0.2, -0.15) is 0 Å². The molecule has 2 heterocycles. The predicted octanol–water partition coefficient (Wildman–Crippen LogP) is 1.59. The number of carbonyl (C=O) groups excluding carboxylic acids is 4. The van der Waals surface area contributed by atoms with E-state index in [-0.39, 0.29) is 6.42 Å². The summed E-state index contributed by atoms with van der Waals surface area (Å²) in [6.07, 6.45) is 2.57. The van der Waals surface area contributed by atoms with E-state index in [0.29, 0.717) is 24.1 Å². The highest BCUT2D eigenvalue weighted by Crippen LogP contribution is 2.19. The van der Waals surface area contributed by atoms with Crippen LogP contribution in [0.25, 0.3) is 10.9 Å². The van der Waals surface area contributed by atoms with Crippen LogP contribution in [-0.2, 0) is 32.0 Å². The number of ether oxygens (including phenoxy) is 1. The van der Waals surface area contributed by atoms with E-state index in [2.05, 4.69) is 10.3 Å². The molecular formula is C23H21N3O5. The lowest BCUT2D eigenvalue weighted by atomic mass is 9.98. The molecule has 3 aromatic rings. The smallest absolute Gasteiger partial charge is 0.326 e. The molecule has 1 aliphatic heterocycles. The number of H-pyrrole nitrogens is 1. The van der Waals surface area contributed by atoms with Gasteiger partial charge in [0.2, 0.25) is 5.91 Å². The summed E-state index contributed by atoms with van der Waals surface area (Å²) in [6, 6.07) is 14.7. The average molecular weight is 419 g/mol. The van der Waals surface area contributed by atoms with Gasteiger partial charge in [0, 0.05) is 29.2 Å². The molecule has 2 aromatic carbocycles. The van der Waals surface area contributed by atoms with Crippen molar-refractivity contribution in [3.8, 4) is 0 Å². The van der Waals surface area contributed by atoms with E-state index in [9.17, 15) is 19.2 Å². The maximum Gasteiger partial charge on any atom is 0.326 e. The number of hydrogen-bond donors (Lipinski definition) is 2. The monoisotopic (exact) mass is 419 g/mol. The Morgan fingerprint density at radius 3 is 2.71 bits per heavy atom. The quantitative estimate of drug-likeness (QED) is 0.447. The molecule has 0 unspecified atom stereocenters. The van der Waals surface area contributed by atoms with Crippen LogP contribution in [0.3, 0.4) is 0 Å². The summed E-state index contributed by atoms with van der Waals surface area (Å²) in [7, 11) is 0. The van der Waals surface area contributed by atoms with Gasteiger partial charge in [0.15, 0.2) is 6.61 Å². The van der Waals surface area contributed by atoms with Gasteiger partial charge >= 0.3 is 5.97 Å². The highest BCUT2D eigenvalue weighted by Gasteiger charge is 2.32. The largest absolute Gasteiger partial charge is 0.454 e. The second-order valence-electron chi connectivity index (χ2n) is 7.24. The van der Waals surface area contributed by atoms with Crippen molar-refractivity contribution in [2.45, 2.75) is 12.8 Å². The number of nitrogens with one attached hydrogen (secondary N) is 2. The first-order chi connectivity index (χ1) is 15.0. The van der Waals surface area contributed by atoms with Gasteiger partial charge in [0.1, 0.15) is 6.54 Å². The third-order valence-corrected chi connectivity index (χ3v) is 5.18. The van der Waals surface area contributed by atoms with Crippen molar-refractivity contribution >= 4 is 34.6 Å². The summed E-state index contributed by atoms with van der Waals surface area (Å²) in [4.78, 5) is 52.8. The molecule has 0 saturated heterocycles. The Labute approximate surface area is 178 Å². The first kappa shape index (κ1) is 20.3. The van der Waals surface area contributed by atoms with E-state index in [4.69, 9.17) is 4.74 Å². The van der Waals surface area contributed by atoms with E-state index in [1.165, 1.54) is 0 Å². The molecule has 0 saturated carbocycles. The minimum absolute atomic E-state index is 0.0452. The van der Waals surface area contributed by atoms with Crippen LogP contribution in [0.5, 0.6) is 0 Å². The highest BCUT2D eigenvalue weighted by atomic mass is 16.5. The van der Waals surface area contributed by atoms with E-state index in [1.807, 2.05) is 30.5 Å². The maximum absolute atomic E-state index is 12.5. The van der Waals surface area contributed by atoms with Gasteiger partial charge in [0.05, 0.1) is 6.42 Å². The lowest BCUT2D eigenvalue weighted by Gasteiger charge is -2.25. The number of imide groups is 1. The molecule has 4 rings (SSSR count). The van der Waals surface area contributed by atoms with Gasteiger partial charge in [-0.05, 0) is 29.7 Å². The Bertz CT molecular complexity index is 1170. The van der Waals surface area contributed by atoms with Crippen molar-refractivity contribution in [2.24, 2.45) is 0 Å². The zero-order chi connectivity index (χ0) is 21.8. The number of nitrogens with zero attached hydrogens (tertiary/aromatic N) is 1. The Hall–Kier alpha value is -3.94. The second kappa shape index (κ2) is 8.83. The molecule has 0 aliphatic carbocycles. The average Bonchev–Trinajstić information content (AvgIpc) is 3.18. The third kappa shape index (κ3) is 4.48. The molecule has 0 spiro atoms. The number of esters is 1. The molecule has 31 heavy (non-hydrogen) atoms. The van der Waals surface area contributed by atoms with Gasteiger partial charge < -0.3 is 15.0 Å². The SMILES string of the molecule is O=C(COC(=O)CN1C(=O)Cc2ccccc2C1=O)NCCc1c[nH]c2ccccc12. The molecule has 0 fully saturated rings. The highest BCUT2D eigenvalue weighted by molar-refractivity contribution is 6.11. The fourth-order valence-electron chi connectivity index (χ4n) is 3.61. The molecule has 1 aliphatic rings. The van der Waals surface area contributed by atoms with Crippen LogP contribution in [0, 0.1) is 0 Å². The first-order valence-corrected chi connectivity index (χ1v) is 9.93. The third-order valence-electron chi connectivity index (χ3n) is 5.18. The topological polar surface area (TPSA) is 109 Å². The summed E-state index contributed by atoms with van der Waals surface area (Å²) in [5, 5.41) is 3.80. The Kier molecular flexibility index (Phi) is 5.79. The van der Waals surface area contributed by atoms with E-state index >= 15 is 0 Å². The molecular weight excluding hydrogens is 398 g/mol. The lowest BCUT2D eigenvalue weighted by molar-refractivity contribution is -0.151. The maximum atomic E-state index is 12.5. The van der Waals surface area contributed by atoms with Crippen LogP contribution in [0.15, 0.2) is 54.7 Å². The fraction of sp³-hybridized carbons (Fsp3) is 0.217. The van der Waals surface area contributed by atoms with Crippen molar-refractivity contribution in [3.05, 3.63) is 71.4 Å². The number of aromatic amines is 1. The van der Waals surface area contributed by atoms with Crippen molar-refractivity contribution in [1.29, 1.82) is 0 Å². The zero-order valence-corrected chi connectivity index (χ0v) is 16.7. The summed E-state index contributed by atoms with van der Waals surface area (Å²) in [5.41, 5.74) is 3.14. The summed E-state index contributed by atoms with van der Waals surface area (Å²) in [5.74, 6) is -2.27. The molecule has 8 heteroatoms. The summed E-state index contributed by atoms with van der Waals surface area (Å²) in [6.45, 7) is -0.605. The summed E-state index contributed by atoms with van der Waals surface area (Å²) >= 11 is 0. The summed E-state index contributed by atoms with van der Waals surface area (Å²) < 4.78 is 4.95. The molecule has 1 aromatic heterocycles. The number of aromatic nitrogens is 1. The van der Waals surface area contributed by atoms with Crippen LogP contribution in [0.2, 0.25) is 0 Å². The number of hydrogen-bond acceptors (Lipinski definition) is 5. The molecule has 158 valence electrons. The number of carbonyl (C=O) groups is 4. The van der Waals surface area contributed by atoms with Crippen LogP contribution in [0.4, 0.5) is 0 Å². The number of benzene rings is 2. The van der Waals surface area contributed by atoms with E-state index < -0.39 is 36.8 Å². The van der Waals surface area contributed by atoms with Crippen molar-refractivity contribution in [1.82, 2.24) is 15.2 Å². The minimum Gasteiger partial charge on any atom is -0.454 e. The van der Waals surface area contributed by atoms with Crippen LogP contribution < -0.4 is 5.32 Å². The molecule has 8 nitrogen and oxygen atoms in total. The van der Waals surface area contributed by atoms with Gasteiger partial charge in [-0.25, -0.2) is 0 Å². The van der Waals surface area contributed by atoms with Gasteiger partial charge in [-0.3, -0.25) is 24.1 Å². The van der Waals surface area contributed by atoms with Crippen LogP contribution >= 0.6 is 0 Å². The molecule has 0 radical (unpaired) electrons. The van der Waals surface area contributed by atoms with Gasteiger partial charge in [-0.1, -0.05) is 36.4 Å². The minimum atomic E-state index is -0.812. The molecule has 2 N–H and O–H groups in total. The Morgan fingerprint density at radius 2 is 1.84 bits per heavy atom.